The molecule has 1 amide bonds. The Labute approximate surface area is 127 Å². The fourth-order valence-electron chi connectivity index (χ4n) is 2.79. The van der Waals surface area contributed by atoms with Crippen LogP contribution in [0, 0.1) is 0 Å². The first-order valence-corrected chi connectivity index (χ1v) is 7.97. The number of rotatable bonds is 7. The Kier molecular flexibility index (Phi) is 6.70. The van der Waals surface area contributed by atoms with Gasteiger partial charge < -0.3 is 10.6 Å². The summed E-state index contributed by atoms with van der Waals surface area (Å²) in [4.78, 5) is 14.1. The highest BCUT2D eigenvalue weighted by molar-refractivity contribution is 5.77. The average molecular weight is 289 g/mol. The molecule has 21 heavy (non-hydrogen) atoms. The lowest BCUT2D eigenvalue weighted by molar-refractivity contribution is -0.122. The molecule has 0 saturated carbocycles. The molecule has 4 heteroatoms. The van der Waals surface area contributed by atoms with Crippen molar-refractivity contribution in [2.24, 2.45) is 0 Å². The molecule has 0 aliphatic carbocycles. The molecular weight excluding hydrogens is 262 g/mol. The molecule has 1 unspecified atom stereocenters. The number of aryl methyl sites for hydroxylation is 1. The molecule has 1 aromatic rings. The zero-order chi connectivity index (χ0) is 14.9. The zero-order valence-corrected chi connectivity index (χ0v) is 13.0. The van der Waals surface area contributed by atoms with Gasteiger partial charge in [-0.1, -0.05) is 30.3 Å². The molecule has 116 valence electrons. The van der Waals surface area contributed by atoms with Crippen LogP contribution >= 0.6 is 0 Å². The summed E-state index contributed by atoms with van der Waals surface area (Å²) in [6.07, 6.45) is 4.40. The predicted octanol–water partition coefficient (Wildman–Crippen LogP) is 1.42. The molecule has 4 nitrogen and oxygen atoms in total. The fraction of sp³-hybridized carbons (Fsp3) is 0.588. The second-order valence-electron chi connectivity index (χ2n) is 5.85. The Morgan fingerprint density at radius 1 is 1.38 bits per heavy atom. The first-order chi connectivity index (χ1) is 10.3. The van der Waals surface area contributed by atoms with E-state index < -0.39 is 0 Å². The van der Waals surface area contributed by atoms with Gasteiger partial charge in [-0.15, -0.1) is 0 Å². The van der Waals surface area contributed by atoms with E-state index in [-0.39, 0.29) is 5.91 Å². The number of benzene rings is 1. The van der Waals surface area contributed by atoms with Gasteiger partial charge in [0.15, 0.2) is 0 Å². The number of amides is 1. The number of nitrogens with zero attached hydrogens (tertiary/aromatic N) is 1. The Hall–Kier alpha value is -1.39. The molecular formula is C17H27N3O. The first kappa shape index (κ1) is 16.0. The number of hydrogen-bond acceptors (Lipinski definition) is 3. The van der Waals surface area contributed by atoms with Crippen molar-refractivity contribution in [2.75, 3.05) is 33.2 Å². The highest BCUT2D eigenvalue weighted by atomic mass is 16.2. The third-order valence-electron chi connectivity index (χ3n) is 4.09. The molecule has 1 heterocycles. The summed E-state index contributed by atoms with van der Waals surface area (Å²) >= 11 is 0. The summed E-state index contributed by atoms with van der Waals surface area (Å²) in [6.45, 7) is 3.36. The fourth-order valence-corrected chi connectivity index (χ4v) is 2.79. The van der Waals surface area contributed by atoms with Gasteiger partial charge in [0.25, 0.3) is 0 Å². The van der Waals surface area contributed by atoms with Crippen LogP contribution in [0.4, 0.5) is 0 Å². The lowest BCUT2D eigenvalue weighted by Crippen LogP contribution is -2.47. The highest BCUT2D eigenvalue weighted by Crippen LogP contribution is 2.07. The molecule has 1 fully saturated rings. The topological polar surface area (TPSA) is 44.4 Å². The van der Waals surface area contributed by atoms with Gasteiger partial charge in [0, 0.05) is 19.1 Å². The molecule has 1 aliphatic heterocycles. The Bertz CT molecular complexity index is 415. The van der Waals surface area contributed by atoms with E-state index in [9.17, 15) is 4.79 Å². The molecule has 2 rings (SSSR count). The number of nitrogens with one attached hydrogen (secondary N) is 2. The largest absolute Gasteiger partial charge is 0.355 e. The van der Waals surface area contributed by atoms with Gasteiger partial charge in [-0.05, 0) is 44.8 Å². The Morgan fingerprint density at radius 3 is 2.90 bits per heavy atom. The lowest BCUT2D eigenvalue weighted by atomic mass is 10.1. The number of hydrogen-bond donors (Lipinski definition) is 2. The van der Waals surface area contributed by atoms with Gasteiger partial charge in [0.05, 0.1) is 6.54 Å². The quantitative estimate of drug-likeness (QED) is 0.746. The van der Waals surface area contributed by atoms with Gasteiger partial charge in [-0.2, -0.15) is 0 Å². The van der Waals surface area contributed by atoms with Crippen LogP contribution in [0.15, 0.2) is 30.3 Å². The maximum absolute atomic E-state index is 11.9. The van der Waals surface area contributed by atoms with Crippen molar-refractivity contribution in [3.8, 4) is 0 Å². The van der Waals surface area contributed by atoms with Gasteiger partial charge >= 0.3 is 0 Å². The van der Waals surface area contributed by atoms with E-state index in [1.165, 1.54) is 18.4 Å². The third kappa shape index (κ3) is 5.86. The molecule has 1 atom stereocenters. The first-order valence-electron chi connectivity index (χ1n) is 7.97. The van der Waals surface area contributed by atoms with Crippen molar-refractivity contribution in [2.45, 2.75) is 31.7 Å². The second-order valence-corrected chi connectivity index (χ2v) is 5.85. The van der Waals surface area contributed by atoms with Crippen LogP contribution in [0.2, 0.25) is 0 Å². The van der Waals surface area contributed by atoms with E-state index in [1.807, 2.05) is 13.1 Å². The smallest absolute Gasteiger partial charge is 0.234 e. The van der Waals surface area contributed by atoms with E-state index in [0.29, 0.717) is 12.6 Å². The summed E-state index contributed by atoms with van der Waals surface area (Å²) in [7, 11) is 2.04. The molecule has 1 aliphatic rings. The minimum atomic E-state index is 0.135. The van der Waals surface area contributed by atoms with Crippen LogP contribution in [0.25, 0.3) is 0 Å². The number of carbonyl (C=O) groups excluding carboxylic acids is 1. The summed E-state index contributed by atoms with van der Waals surface area (Å²) in [5.74, 6) is 0.135. The normalized spacial score (nSPS) is 18.7. The van der Waals surface area contributed by atoms with Crippen LogP contribution in [0.3, 0.4) is 0 Å². The Balaban J connectivity index is 1.58. The van der Waals surface area contributed by atoms with Crippen molar-refractivity contribution >= 4 is 5.91 Å². The van der Waals surface area contributed by atoms with Crippen molar-refractivity contribution in [1.29, 1.82) is 0 Å². The van der Waals surface area contributed by atoms with Gasteiger partial charge in [-0.25, -0.2) is 0 Å². The second kappa shape index (κ2) is 8.80. The zero-order valence-electron chi connectivity index (χ0n) is 13.0. The molecule has 0 radical (unpaired) electrons. The summed E-state index contributed by atoms with van der Waals surface area (Å²) in [5.41, 5.74) is 1.33. The molecule has 2 N–H and O–H groups in total. The number of carbonyl (C=O) groups is 1. The van der Waals surface area contributed by atoms with Crippen LogP contribution in [0.5, 0.6) is 0 Å². The van der Waals surface area contributed by atoms with Gasteiger partial charge in [0.1, 0.15) is 0 Å². The third-order valence-corrected chi connectivity index (χ3v) is 4.09. The van der Waals surface area contributed by atoms with Crippen molar-refractivity contribution in [3.63, 3.8) is 0 Å². The molecule has 0 spiro atoms. The maximum Gasteiger partial charge on any atom is 0.234 e. The van der Waals surface area contributed by atoms with Crippen molar-refractivity contribution < 1.29 is 4.79 Å². The molecule has 1 saturated heterocycles. The minimum Gasteiger partial charge on any atom is -0.355 e. The van der Waals surface area contributed by atoms with E-state index in [1.54, 1.807) is 0 Å². The Morgan fingerprint density at radius 2 is 2.19 bits per heavy atom. The standard InChI is InChI=1S/C17H27N3O/c1-20(16-10-6-11-18-13-16)14-17(21)19-12-5-9-15-7-3-2-4-8-15/h2-4,7-8,16,18H,5-6,9-14H2,1H3,(H,19,21). The SMILES string of the molecule is CN(CC(=O)NCCCc1ccccc1)C1CCCNC1. The summed E-state index contributed by atoms with van der Waals surface area (Å²) in [5, 5.41) is 6.41. The number of likely N-dealkylation sites (N-methyl/N-ethyl adjacent to an activating group) is 1. The molecule has 0 aromatic heterocycles. The van der Waals surface area contributed by atoms with Crippen LogP contribution in [0.1, 0.15) is 24.8 Å². The van der Waals surface area contributed by atoms with E-state index in [2.05, 4.69) is 39.8 Å². The van der Waals surface area contributed by atoms with E-state index >= 15 is 0 Å². The monoisotopic (exact) mass is 289 g/mol. The van der Waals surface area contributed by atoms with E-state index in [4.69, 9.17) is 0 Å². The van der Waals surface area contributed by atoms with Gasteiger partial charge in [-0.3, -0.25) is 9.69 Å². The maximum atomic E-state index is 11.9. The van der Waals surface area contributed by atoms with Crippen LogP contribution in [-0.2, 0) is 11.2 Å². The van der Waals surface area contributed by atoms with Crippen LogP contribution in [-0.4, -0.2) is 50.1 Å². The molecule has 1 aromatic carbocycles. The minimum absolute atomic E-state index is 0.135. The van der Waals surface area contributed by atoms with Crippen molar-refractivity contribution in [3.05, 3.63) is 35.9 Å². The van der Waals surface area contributed by atoms with Crippen LogP contribution < -0.4 is 10.6 Å². The summed E-state index contributed by atoms with van der Waals surface area (Å²) in [6, 6.07) is 10.9. The average Bonchev–Trinajstić information content (AvgIpc) is 2.53. The van der Waals surface area contributed by atoms with Gasteiger partial charge in [0.2, 0.25) is 5.91 Å². The predicted molar refractivity (Wildman–Crippen MR) is 86.3 cm³/mol. The summed E-state index contributed by atoms with van der Waals surface area (Å²) < 4.78 is 0. The van der Waals surface area contributed by atoms with E-state index in [0.717, 1.165) is 32.5 Å². The lowest BCUT2D eigenvalue weighted by Gasteiger charge is -2.31. The van der Waals surface area contributed by atoms with Crippen molar-refractivity contribution in [1.82, 2.24) is 15.5 Å². The molecule has 0 bridgehead atoms. The highest BCUT2D eigenvalue weighted by Gasteiger charge is 2.19. The number of piperidine rings is 1.